The lowest BCUT2D eigenvalue weighted by atomic mass is 9.64. The third-order valence-electron chi connectivity index (χ3n) is 6.44. The summed E-state index contributed by atoms with van der Waals surface area (Å²) in [6.45, 7) is 11.4. The van der Waals surface area contributed by atoms with E-state index in [1.165, 1.54) is 9.78 Å². The van der Waals surface area contributed by atoms with Gasteiger partial charge < -0.3 is 5.32 Å². The number of hydrogen-bond acceptors (Lipinski definition) is 5. The Balaban J connectivity index is 1.34. The van der Waals surface area contributed by atoms with Crippen molar-refractivity contribution in [2.24, 2.45) is 11.3 Å². The van der Waals surface area contributed by atoms with Crippen molar-refractivity contribution in [2.75, 3.05) is 32.8 Å². The van der Waals surface area contributed by atoms with Gasteiger partial charge in [-0.2, -0.15) is 0 Å². The zero-order chi connectivity index (χ0) is 20.8. The van der Waals surface area contributed by atoms with Gasteiger partial charge in [0.05, 0.1) is 11.0 Å². The van der Waals surface area contributed by atoms with Crippen LogP contribution in [0.1, 0.15) is 44.9 Å². The van der Waals surface area contributed by atoms with E-state index in [9.17, 15) is 9.59 Å². The zero-order valence-corrected chi connectivity index (χ0v) is 19.1. The molecule has 1 spiro atoms. The van der Waals surface area contributed by atoms with E-state index in [0.717, 1.165) is 56.3 Å². The second-order valence-corrected chi connectivity index (χ2v) is 11.6. The molecule has 0 bridgehead atoms. The second kappa shape index (κ2) is 7.84. The molecule has 3 fully saturated rings. The molecular weight excluding hydrogens is 408 g/mol. The maximum absolute atomic E-state index is 13.3. The Hall–Kier alpha value is -1.15. The Bertz CT molecular complexity index is 789. The number of hydrogen-bond donors (Lipinski definition) is 1. The molecule has 1 aliphatic carbocycles. The standard InChI is InChI=1S/C21H31ClN4O2S/c1-15-10-20(2,3)13-21(11-15)18(27)26(19(28)23-21)14-25-8-6-24(7-9-25)12-16-4-5-17(22)29-16/h4-5,15H,6-14H2,1-3H3,(H,23,28)/t15-,21-/m1/s1. The summed E-state index contributed by atoms with van der Waals surface area (Å²) in [7, 11) is 0. The molecule has 0 unspecified atom stereocenters. The van der Waals surface area contributed by atoms with Gasteiger partial charge >= 0.3 is 6.03 Å². The number of rotatable bonds is 4. The molecule has 8 heteroatoms. The van der Waals surface area contributed by atoms with Gasteiger partial charge in [0.2, 0.25) is 0 Å². The van der Waals surface area contributed by atoms with E-state index in [0.29, 0.717) is 12.6 Å². The lowest BCUT2D eigenvalue weighted by molar-refractivity contribution is -0.136. The van der Waals surface area contributed by atoms with Crippen LogP contribution < -0.4 is 5.32 Å². The highest BCUT2D eigenvalue weighted by molar-refractivity contribution is 7.16. The summed E-state index contributed by atoms with van der Waals surface area (Å²) in [5, 5.41) is 3.08. The summed E-state index contributed by atoms with van der Waals surface area (Å²) in [6, 6.07) is 3.80. The smallest absolute Gasteiger partial charge is 0.323 e. The van der Waals surface area contributed by atoms with E-state index in [1.807, 2.05) is 6.07 Å². The van der Waals surface area contributed by atoms with Crippen molar-refractivity contribution in [3.63, 3.8) is 0 Å². The van der Waals surface area contributed by atoms with E-state index in [4.69, 9.17) is 11.6 Å². The number of nitrogens with one attached hydrogen (secondary N) is 1. The van der Waals surface area contributed by atoms with E-state index >= 15 is 0 Å². The first-order valence-electron chi connectivity index (χ1n) is 10.5. The Morgan fingerprint density at radius 3 is 2.45 bits per heavy atom. The minimum atomic E-state index is -0.710. The average molecular weight is 439 g/mol. The van der Waals surface area contributed by atoms with Crippen molar-refractivity contribution >= 4 is 34.9 Å². The fourth-order valence-electron chi connectivity index (χ4n) is 5.58. The van der Waals surface area contributed by atoms with Crippen molar-refractivity contribution in [3.8, 4) is 0 Å². The van der Waals surface area contributed by atoms with Crippen molar-refractivity contribution in [2.45, 2.75) is 52.1 Å². The third-order valence-corrected chi connectivity index (χ3v) is 7.65. The summed E-state index contributed by atoms with van der Waals surface area (Å²) in [6.07, 6.45) is 2.56. The van der Waals surface area contributed by atoms with E-state index < -0.39 is 5.54 Å². The van der Waals surface area contributed by atoms with Gasteiger partial charge in [0.15, 0.2) is 0 Å². The molecule has 3 amide bonds. The average Bonchev–Trinajstić information content (AvgIpc) is 3.11. The molecule has 1 aromatic heterocycles. The second-order valence-electron chi connectivity index (χ2n) is 9.84. The van der Waals surface area contributed by atoms with Crippen LogP contribution in [0.2, 0.25) is 4.34 Å². The van der Waals surface area contributed by atoms with Crippen molar-refractivity contribution < 1.29 is 9.59 Å². The summed E-state index contributed by atoms with van der Waals surface area (Å²) in [5.41, 5.74) is -0.647. The topological polar surface area (TPSA) is 55.9 Å². The van der Waals surface area contributed by atoms with E-state index in [1.54, 1.807) is 11.3 Å². The van der Waals surface area contributed by atoms with Crippen LogP contribution in [0.5, 0.6) is 0 Å². The monoisotopic (exact) mass is 438 g/mol. The van der Waals surface area contributed by atoms with Gasteiger partial charge in [-0.1, -0.05) is 32.4 Å². The number of urea groups is 1. The highest BCUT2D eigenvalue weighted by atomic mass is 35.5. The van der Waals surface area contributed by atoms with Gasteiger partial charge in [0.25, 0.3) is 5.91 Å². The highest BCUT2D eigenvalue weighted by Crippen LogP contribution is 2.46. The van der Waals surface area contributed by atoms with Crippen LogP contribution in [0, 0.1) is 11.3 Å². The van der Waals surface area contributed by atoms with E-state index in [-0.39, 0.29) is 17.4 Å². The molecule has 3 aliphatic rings. The Morgan fingerprint density at radius 2 is 1.83 bits per heavy atom. The predicted molar refractivity (Wildman–Crippen MR) is 116 cm³/mol. The first-order chi connectivity index (χ1) is 13.7. The molecule has 1 aromatic rings. The largest absolute Gasteiger partial charge is 0.326 e. The summed E-state index contributed by atoms with van der Waals surface area (Å²) in [5.74, 6) is 0.398. The van der Waals surface area contributed by atoms with Crippen LogP contribution in [-0.2, 0) is 11.3 Å². The van der Waals surface area contributed by atoms with Gasteiger partial charge in [-0.15, -0.1) is 11.3 Å². The zero-order valence-electron chi connectivity index (χ0n) is 17.5. The molecule has 29 heavy (non-hydrogen) atoms. The fourth-order valence-corrected chi connectivity index (χ4v) is 6.71. The summed E-state index contributed by atoms with van der Waals surface area (Å²) in [4.78, 5) is 33.3. The van der Waals surface area contributed by atoms with Crippen LogP contribution in [0.4, 0.5) is 4.79 Å². The number of halogens is 1. The molecule has 2 aliphatic heterocycles. The highest BCUT2D eigenvalue weighted by Gasteiger charge is 2.56. The minimum absolute atomic E-state index is 0.0298. The van der Waals surface area contributed by atoms with E-state index in [2.05, 4.69) is 42.0 Å². The molecular formula is C21H31ClN4O2S. The number of piperazine rings is 1. The molecule has 2 saturated heterocycles. The van der Waals surface area contributed by atoms with Crippen LogP contribution in [0.15, 0.2) is 12.1 Å². The molecule has 4 rings (SSSR count). The molecule has 6 nitrogen and oxygen atoms in total. The molecule has 0 radical (unpaired) electrons. The van der Waals surface area contributed by atoms with Gasteiger partial charge in [-0.3, -0.25) is 14.6 Å². The lowest BCUT2D eigenvalue weighted by Gasteiger charge is -2.44. The molecule has 1 N–H and O–H groups in total. The Morgan fingerprint density at radius 1 is 1.14 bits per heavy atom. The molecule has 0 aromatic carbocycles. The number of carbonyl (C=O) groups excluding carboxylic acids is 2. The van der Waals surface area contributed by atoms with Gasteiger partial charge in [-0.25, -0.2) is 9.69 Å². The quantitative estimate of drug-likeness (QED) is 0.729. The molecule has 2 atom stereocenters. The fraction of sp³-hybridized carbons (Fsp3) is 0.714. The number of carbonyl (C=O) groups is 2. The number of nitrogens with zero attached hydrogens (tertiary/aromatic N) is 3. The van der Waals surface area contributed by atoms with Crippen LogP contribution in [0.3, 0.4) is 0 Å². The van der Waals surface area contributed by atoms with Gasteiger partial charge in [0.1, 0.15) is 5.54 Å². The van der Waals surface area contributed by atoms with Crippen molar-refractivity contribution in [1.82, 2.24) is 20.0 Å². The number of thiophene rings is 1. The van der Waals surface area contributed by atoms with Crippen molar-refractivity contribution in [3.05, 3.63) is 21.3 Å². The maximum atomic E-state index is 13.3. The molecule has 1 saturated carbocycles. The minimum Gasteiger partial charge on any atom is -0.323 e. The molecule has 3 heterocycles. The maximum Gasteiger partial charge on any atom is 0.326 e. The molecule has 160 valence electrons. The Kier molecular flexibility index (Phi) is 5.70. The Labute approximate surface area is 182 Å². The first kappa shape index (κ1) is 21.1. The van der Waals surface area contributed by atoms with Gasteiger partial charge in [0, 0.05) is 37.6 Å². The summed E-state index contributed by atoms with van der Waals surface area (Å²) < 4.78 is 0.825. The number of imide groups is 1. The first-order valence-corrected chi connectivity index (χ1v) is 11.7. The normalized spacial score (nSPS) is 30.9. The van der Waals surface area contributed by atoms with Crippen LogP contribution >= 0.6 is 22.9 Å². The number of amides is 3. The van der Waals surface area contributed by atoms with Gasteiger partial charge in [-0.05, 0) is 42.7 Å². The van der Waals surface area contributed by atoms with Crippen molar-refractivity contribution in [1.29, 1.82) is 0 Å². The SMILES string of the molecule is C[C@@H]1CC(C)(C)C[C@@]2(C1)NC(=O)N(CN1CCN(Cc3ccc(Cl)s3)CC1)C2=O. The summed E-state index contributed by atoms with van der Waals surface area (Å²) >= 11 is 7.65. The lowest BCUT2D eigenvalue weighted by Crippen LogP contribution is -2.55. The van der Waals surface area contributed by atoms with Crippen LogP contribution in [0.25, 0.3) is 0 Å². The third kappa shape index (κ3) is 4.48. The predicted octanol–water partition coefficient (Wildman–Crippen LogP) is 3.61. The van der Waals surface area contributed by atoms with Crippen LogP contribution in [-0.4, -0.2) is 65.0 Å².